The number of furan rings is 1. The lowest BCUT2D eigenvalue weighted by molar-refractivity contribution is -0.115. The van der Waals surface area contributed by atoms with Crippen LogP contribution in [0.25, 0.3) is 11.0 Å². The molecule has 0 saturated carbocycles. The second-order valence-corrected chi connectivity index (χ2v) is 8.34. The van der Waals surface area contributed by atoms with Crippen molar-refractivity contribution in [2.75, 3.05) is 36.4 Å². The van der Waals surface area contributed by atoms with E-state index in [0.717, 1.165) is 11.1 Å². The zero-order valence-corrected chi connectivity index (χ0v) is 18.9. The van der Waals surface area contributed by atoms with E-state index in [0.29, 0.717) is 48.8 Å². The molecular formula is C26H25N5O3. The SMILES string of the molecule is Cc1ccc(CC(=O)Nc2c(C(=O)N3CCN(c4ncccn4)CC3)oc3ccccc23)cc1. The van der Waals surface area contributed by atoms with E-state index in [2.05, 4.69) is 15.3 Å². The lowest BCUT2D eigenvalue weighted by Gasteiger charge is -2.34. The molecule has 0 unspecified atom stereocenters. The second kappa shape index (κ2) is 9.35. The van der Waals surface area contributed by atoms with Gasteiger partial charge in [0, 0.05) is 44.0 Å². The first-order valence-electron chi connectivity index (χ1n) is 11.3. The van der Waals surface area contributed by atoms with E-state index < -0.39 is 0 Å². The molecule has 2 amide bonds. The van der Waals surface area contributed by atoms with Crippen molar-refractivity contribution >= 4 is 34.4 Å². The number of carbonyl (C=O) groups excluding carboxylic acids is 2. The number of hydrogen-bond acceptors (Lipinski definition) is 6. The predicted octanol–water partition coefficient (Wildman–Crippen LogP) is 3.67. The maximum atomic E-state index is 13.4. The van der Waals surface area contributed by atoms with E-state index in [4.69, 9.17) is 4.42 Å². The van der Waals surface area contributed by atoms with Crippen LogP contribution in [0.4, 0.5) is 11.6 Å². The van der Waals surface area contributed by atoms with Crippen LogP contribution in [0.1, 0.15) is 21.7 Å². The largest absolute Gasteiger partial charge is 0.449 e. The van der Waals surface area contributed by atoms with Crippen LogP contribution >= 0.6 is 0 Å². The molecule has 34 heavy (non-hydrogen) atoms. The van der Waals surface area contributed by atoms with Gasteiger partial charge in [0.1, 0.15) is 11.3 Å². The fraction of sp³-hybridized carbons (Fsp3) is 0.231. The molecule has 4 aromatic rings. The topological polar surface area (TPSA) is 91.6 Å². The number of para-hydroxylation sites is 1. The van der Waals surface area contributed by atoms with Crippen molar-refractivity contribution in [3.05, 3.63) is 83.9 Å². The number of anilines is 2. The van der Waals surface area contributed by atoms with Crippen LogP contribution in [0.2, 0.25) is 0 Å². The number of amides is 2. The summed E-state index contributed by atoms with van der Waals surface area (Å²) in [6.45, 7) is 4.25. The lowest BCUT2D eigenvalue weighted by atomic mass is 10.1. The summed E-state index contributed by atoms with van der Waals surface area (Å²) in [6, 6.07) is 17.0. The minimum atomic E-state index is -0.240. The Labute approximate surface area is 197 Å². The van der Waals surface area contributed by atoms with Gasteiger partial charge in [-0.2, -0.15) is 0 Å². The molecule has 1 aliphatic rings. The minimum Gasteiger partial charge on any atom is -0.449 e. The molecule has 1 N–H and O–H groups in total. The van der Waals surface area contributed by atoms with Crippen molar-refractivity contribution in [2.24, 2.45) is 0 Å². The van der Waals surface area contributed by atoms with Gasteiger partial charge in [-0.3, -0.25) is 9.59 Å². The maximum absolute atomic E-state index is 13.4. The summed E-state index contributed by atoms with van der Waals surface area (Å²) >= 11 is 0. The molecule has 0 atom stereocenters. The maximum Gasteiger partial charge on any atom is 0.291 e. The van der Waals surface area contributed by atoms with Crippen molar-refractivity contribution < 1.29 is 14.0 Å². The van der Waals surface area contributed by atoms with E-state index in [1.54, 1.807) is 29.4 Å². The van der Waals surface area contributed by atoms with Gasteiger partial charge in [-0.05, 0) is 30.7 Å². The monoisotopic (exact) mass is 455 g/mol. The number of carbonyl (C=O) groups is 2. The third-order valence-electron chi connectivity index (χ3n) is 5.94. The third kappa shape index (κ3) is 4.47. The zero-order valence-electron chi connectivity index (χ0n) is 18.9. The standard InChI is InChI=1S/C26H25N5O3/c1-18-7-9-19(10-8-18)17-22(32)29-23-20-5-2-3-6-21(20)34-24(23)25(33)30-13-15-31(16-14-30)26-27-11-4-12-28-26/h2-12H,13-17H2,1H3,(H,29,32). The molecule has 0 aliphatic carbocycles. The smallest absolute Gasteiger partial charge is 0.291 e. The Morgan fingerprint density at radius 1 is 0.941 bits per heavy atom. The van der Waals surface area contributed by atoms with Crippen molar-refractivity contribution in [1.29, 1.82) is 0 Å². The van der Waals surface area contributed by atoms with E-state index in [-0.39, 0.29) is 24.0 Å². The van der Waals surface area contributed by atoms with Gasteiger partial charge < -0.3 is 19.5 Å². The van der Waals surface area contributed by atoms with Crippen LogP contribution in [0, 0.1) is 6.92 Å². The van der Waals surface area contributed by atoms with Crippen molar-refractivity contribution in [1.82, 2.24) is 14.9 Å². The van der Waals surface area contributed by atoms with Gasteiger partial charge in [-0.15, -0.1) is 0 Å². The Bertz CT molecular complexity index is 1310. The number of rotatable bonds is 5. The fourth-order valence-electron chi connectivity index (χ4n) is 4.10. The van der Waals surface area contributed by atoms with Gasteiger partial charge >= 0.3 is 0 Å². The molecule has 8 nitrogen and oxygen atoms in total. The van der Waals surface area contributed by atoms with Crippen LogP contribution in [0.3, 0.4) is 0 Å². The molecule has 0 radical (unpaired) electrons. The number of aryl methyl sites for hydroxylation is 1. The normalized spacial score (nSPS) is 13.8. The summed E-state index contributed by atoms with van der Waals surface area (Å²) in [5, 5.41) is 3.65. The molecule has 5 rings (SSSR count). The minimum absolute atomic E-state index is 0.155. The number of fused-ring (bicyclic) bond motifs is 1. The van der Waals surface area contributed by atoms with Gasteiger partial charge in [0.25, 0.3) is 5.91 Å². The summed E-state index contributed by atoms with van der Waals surface area (Å²) in [5.74, 6) is 0.372. The van der Waals surface area contributed by atoms with Gasteiger partial charge in [-0.25, -0.2) is 9.97 Å². The van der Waals surface area contributed by atoms with E-state index in [1.807, 2.05) is 54.3 Å². The number of benzene rings is 2. The zero-order chi connectivity index (χ0) is 23.5. The Balaban J connectivity index is 1.35. The van der Waals surface area contributed by atoms with Crippen molar-refractivity contribution in [3.63, 3.8) is 0 Å². The van der Waals surface area contributed by atoms with Crippen LogP contribution in [0.15, 0.2) is 71.4 Å². The highest BCUT2D eigenvalue weighted by molar-refractivity contribution is 6.11. The summed E-state index contributed by atoms with van der Waals surface area (Å²) in [5.41, 5.74) is 3.03. The van der Waals surface area contributed by atoms with Crippen LogP contribution in [-0.4, -0.2) is 52.9 Å². The average Bonchev–Trinajstić information content (AvgIpc) is 3.24. The van der Waals surface area contributed by atoms with Crippen LogP contribution in [-0.2, 0) is 11.2 Å². The molecule has 1 aliphatic heterocycles. The fourth-order valence-corrected chi connectivity index (χ4v) is 4.10. The molecular weight excluding hydrogens is 430 g/mol. The highest BCUT2D eigenvalue weighted by Crippen LogP contribution is 2.32. The number of piperazine rings is 1. The van der Waals surface area contributed by atoms with E-state index >= 15 is 0 Å². The quantitative estimate of drug-likeness (QED) is 0.494. The van der Waals surface area contributed by atoms with Gasteiger partial charge in [0.15, 0.2) is 0 Å². The third-order valence-corrected chi connectivity index (χ3v) is 5.94. The number of nitrogens with zero attached hydrogens (tertiary/aromatic N) is 4. The van der Waals surface area contributed by atoms with Gasteiger partial charge in [-0.1, -0.05) is 42.0 Å². The molecule has 0 spiro atoms. The van der Waals surface area contributed by atoms with Crippen molar-refractivity contribution in [3.8, 4) is 0 Å². The molecule has 2 aromatic heterocycles. The second-order valence-electron chi connectivity index (χ2n) is 8.34. The lowest BCUT2D eigenvalue weighted by Crippen LogP contribution is -2.49. The highest BCUT2D eigenvalue weighted by atomic mass is 16.3. The average molecular weight is 456 g/mol. The molecule has 0 bridgehead atoms. The predicted molar refractivity (Wildman–Crippen MR) is 130 cm³/mol. The molecule has 172 valence electrons. The summed E-state index contributed by atoms with van der Waals surface area (Å²) in [7, 11) is 0. The first-order valence-corrected chi connectivity index (χ1v) is 11.3. The van der Waals surface area contributed by atoms with Crippen molar-refractivity contribution in [2.45, 2.75) is 13.3 Å². The summed E-state index contributed by atoms with van der Waals surface area (Å²) in [6.07, 6.45) is 3.63. The summed E-state index contributed by atoms with van der Waals surface area (Å²) < 4.78 is 5.95. The molecule has 1 fully saturated rings. The Hall–Kier alpha value is -4.20. The van der Waals surface area contributed by atoms with E-state index in [1.165, 1.54) is 0 Å². The van der Waals surface area contributed by atoms with Gasteiger partial charge in [0.05, 0.1) is 6.42 Å². The Morgan fingerprint density at radius 2 is 1.65 bits per heavy atom. The highest BCUT2D eigenvalue weighted by Gasteiger charge is 2.29. The first kappa shape index (κ1) is 21.6. The van der Waals surface area contributed by atoms with E-state index in [9.17, 15) is 9.59 Å². The number of aromatic nitrogens is 2. The van der Waals surface area contributed by atoms with Gasteiger partial charge in [0.2, 0.25) is 17.6 Å². The first-order chi connectivity index (χ1) is 16.6. The number of nitrogens with one attached hydrogen (secondary N) is 1. The van der Waals surface area contributed by atoms with Crippen LogP contribution in [0.5, 0.6) is 0 Å². The Kier molecular flexibility index (Phi) is 5.95. The Morgan fingerprint density at radius 3 is 2.38 bits per heavy atom. The molecule has 8 heteroatoms. The molecule has 2 aromatic carbocycles. The van der Waals surface area contributed by atoms with Crippen LogP contribution < -0.4 is 10.2 Å². The number of hydrogen-bond donors (Lipinski definition) is 1. The summed E-state index contributed by atoms with van der Waals surface area (Å²) in [4.78, 5) is 38.7. The molecule has 1 saturated heterocycles. The molecule has 3 heterocycles.